The number of ether oxygens (including phenoxy) is 3. The highest BCUT2D eigenvalue weighted by Crippen LogP contribution is 2.38. The van der Waals surface area contributed by atoms with Gasteiger partial charge < -0.3 is 19.5 Å². The molecule has 0 bridgehead atoms. The lowest BCUT2D eigenvalue weighted by Crippen LogP contribution is -2.39. The van der Waals surface area contributed by atoms with Crippen LogP contribution in [0.4, 0.5) is 0 Å². The van der Waals surface area contributed by atoms with Crippen LogP contribution < -0.4 is 10.1 Å². The van der Waals surface area contributed by atoms with Crippen molar-refractivity contribution >= 4 is 0 Å². The minimum Gasteiger partial charge on any atom is -0.497 e. The highest BCUT2D eigenvalue weighted by molar-refractivity contribution is 5.44. The van der Waals surface area contributed by atoms with Crippen LogP contribution in [0.5, 0.6) is 5.75 Å². The minimum atomic E-state index is -0.114. The number of allylic oxidation sites excluding steroid dienone is 2. The first-order chi connectivity index (χ1) is 10.8. The third-order valence-corrected chi connectivity index (χ3v) is 4.42. The molecule has 22 heavy (non-hydrogen) atoms. The second kappa shape index (κ2) is 5.54. The lowest BCUT2D eigenvalue weighted by molar-refractivity contribution is -0.0344. The van der Waals surface area contributed by atoms with Gasteiger partial charge in [0.2, 0.25) is 0 Å². The van der Waals surface area contributed by atoms with Crippen LogP contribution in [-0.2, 0) is 9.47 Å². The van der Waals surface area contributed by atoms with Gasteiger partial charge in [-0.3, -0.25) is 0 Å². The molecule has 0 amide bonds. The van der Waals surface area contributed by atoms with Crippen LogP contribution in [0.25, 0.3) is 0 Å². The van der Waals surface area contributed by atoms with Gasteiger partial charge in [0.25, 0.3) is 0 Å². The summed E-state index contributed by atoms with van der Waals surface area (Å²) in [4.78, 5) is 0. The molecule has 1 saturated carbocycles. The normalized spacial score (nSPS) is 29.2. The zero-order valence-electron chi connectivity index (χ0n) is 12.5. The van der Waals surface area contributed by atoms with Crippen LogP contribution in [0.15, 0.2) is 60.0 Å². The standard InChI is InChI=1S/C18H19NO3/c1-20-13-6-4-12(5-7-13)18-19-11-15-14-3-2-10-21-16(14)8-9-17(15)22-18/h2-7,10-11,16-19H,8-9H2,1H3. The lowest BCUT2D eigenvalue weighted by Gasteiger charge is -2.39. The Morgan fingerprint density at radius 1 is 1.09 bits per heavy atom. The molecule has 0 saturated heterocycles. The fraction of sp³-hybridized carbons (Fsp3) is 0.333. The SMILES string of the molecule is COc1ccc(C2NC=C3C4=CC=COC4CCC3O2)cc1. The number of benzene rings is 1. The zero-order valence-corrected chi connectivity index (χ0v) is 12.5. The molecule has 0 spiro atoms. The van der Waals surface area contributed by atoms with E-state index < -0.39 is 0 Å². The fourth-order valence-corrected chi connectivity index (χ4v) is 3.25. The van der Waals surface area contributed by atoms with E-state index in [1.54, 1.807) is 13.4 Å². The molecule has 4 nitrogen and oxygen atoms in total. The molecule has 1 aromatic carbocycles. The maximum Gasteiger partial charge on any atom is 0.154 e. The predicted octanol–water partition coefficient (Wildman–Crippen LogP) is 3.20. The van der Waals surface area contributed by atoms with Gasteiger partial charge in [0.15, 0.2) is 6.23 Å². The van der Waals surface area contributed by atoms with Crippen molar-refractivity contribution < 1.29 is 14.2 Å². The number of rotatable bonds is 2. The Morgan fingerprint density at radius 2 is 1.91 bits per heavy atom. The molecular weight excluding hydrogens is 278 g/mol. The Kier molecular flexibility index (Phi) is 3.39. The van der Waals surface area contributed by atoms with E-state index in [1.165, 1.54) is 11.1 Å². The summed E-state index contributed by atoms with van der Waals surface area (Å²) < 4.78 is 17.1. The van der Waals surface area contributed by atoms with E-state index in [0.29, 0.717) is 0 Å². The first-order valence-electron chi connectivity index (χ1n) is 7.63. The molecule has 1 N–H and O–H groups in total. The summed E-state index contributed by atoms with van der Waals surface area (Å²) in [5.74, 6) is 0.854. The Bertz CT molecular complexity index is 645. The molecular formula is C18H19NO3. The van der Waals surface area contributed by atoms with Crippen molar-refractivity contribution in [3.63, 3.8) is 0 Å². The summed E-state index contributed by atoms with van der Waals surface area (Å²) in [6.45, 7) is 0. The number of nitrogens with one attached hydrogen (secondary N) is 1. The van der Waals surface area contributed by atoms with Crippen LogP contribution in [0.2, 0.25) is 0 Å². The third kappa shape index (κ3) is 2.29. The van der Waals surface area contributed by atoms with Gasteiger partial charge in [0.05, 0.1) is 19.5 Å². The Labute approximate surface area is 130 Å². The van der Waals surface area contributed by atoms with Crippen molar-refractivity contribution in [2.75, 3.05) is 7.11 Å². The van der Waals surface area contributed by atoms with Crippen molar-refractivity contribution in [2.45, 2.75) is 31.3 Å². The largest absolute Gasteiger partial charge is 0.497 e. The van der Waals surface area contributed by atoms with E-state index >= 15 is 0 Å². The first-order valence-corrected chi connectivity index (χ1v) is 7.63. The Morgan fingerprint density at radius 3 is 2.73 bits per heavy atom. The zero-order chi connectivity index (χ0) is 14.9. The number of hydrogen-bond acceptors (Lipinski definition) is 4. The number of methoxy groups -OCH3 is 1. The maximum atomic E-state index is 6.26. The molecule has 2 heterocycles. The maximum absolute atomic E-state index is 6.26. The smallest absolute Gasteiger partial charge is 0.154 e. The molecule has 4 rings (SSSR count). The third-order valence-electron chi connectivity index (χ3n) is 4.42. The highest BCUT2D eigenvalue weighted by Gasteiger charge is 2.36. The summed E-state index contributed by atoms with van der Waals surface area (Å²) in [5, 5.41) is 3.36. The van der Waals surface area contributed by atoms with Crippen LogP contribution >= 0.6 is 0 Å². The van der Waals surface area contributed by atoms with Crippen molar-refractivity contribution in [3.05, 3.63) is 65.6 Å². The van der Waals surface area contributed by atoms with E-state index in [1.807, 2.05) is 30.3 Å². The van der Waals surface area contributed by atoms with Gasteiger partial charge in [-0.05, 0) is 36.6 Å². The molecule has 3 aliphatic rings. The van der Waals surface area contributed by atoms with E-state index in [-0.39, 0.29) is 18.4 Å². The van der Waals surface area contributed by atoms with Crippen molar-refractivity contribution in [3.8, 4) is 5.75 Å². The minimum absolute atomic E-state index is 0.114. The van der Waals surface area contributed by atoms with Crippen molar-refractivity contribution in [1.29, 1.82) is 0 Å². The molecule has 0 aromatic heterocycles. The number of fused-ring (bicyclic) bond motifs is 3. The van der Waals surface area contributed by atoms with Gasteiger partial charge in [-0.1, -0.05) is 18.2 Å². The van der Waals surface area contributed by atoms with E-state index in [9.17, 15) is 0 Å². The van der Waals surface area contributed by atoms with Gasteiger partial charge in [0.1, 0.15) is 11.9 Å². The quantitative estimate of drug-likeness (QED) is 0.910. The molecule has 0 radical (unpaired) electrons. The molecule has 2 aliphatic heterocycles. The molecule has 4 heteroatoms. The fourth-order valence-electron chi connectivity index (χ4n) is 3.25. The highest BCUT2D eigenvalue weighted by atomic mass is 16.5. The van der Waals surface area contributed by atoms with Crippen molar-refractivity contribution in [2.24, 2.45) is 0 Å². The van der Waals surface area contributed by atoms with Crippen LogP contribution in [0, 0.1) is 0 Å². The summed E-state index contributed by atoms with van der Waals surface area (Å²) in [6, 6.07) is 7.98. The van der Waals surface area contributed by atoms with Crippen LogP contribution in [-0.4, -0.2) is 19.3 Å². The monoisotopic (exact) mass is 297 g/mol. The molecule has 3 atom stereocenters. The number of hydrogen-bond donors (Lipinski definition) is 1. The average Bonchev–Trinajstić information content (AvgIpc) is 2.61. The second-order valence-electron chi connectivity index (χ2n) is 5.70. The molecule has 114 valence electrons. The molecule has 3 unspecified atom stereocenters. The van der Waals surface area contributed by atoms with E-state index in [2.05, 4.69) is 17.6 Å². The summed E-state index contributed by atoms with van der Waals surface area (Å²) >= 11 is 0. The van der Waals surface area contributed by atoms with Crippen LogP contribution in [0.1, 0.15) is 24.6 Å². The average molecular weight is 297 g/mol. The predicted molar refractivity (Wildman–Crippen MR) is 83.2 cm³/mol. The summed E-state index contributed by atoms with van der Waals surface area (Å²) in [6.07, 6.45) is 10.1. The van der Waals surface area contributed by atoms with Gasteiger partial charge in [-0.2, -0.15) is 0 Å². The van der Waals surface area contributed by atoms with Gasteiger partial charge >= 0.3 is 0 Å². The Hall–Kier alpha value is -2.20. The molecule has 1 aromatic rings. The summed E-state index contributed by atoms with van der Waals surface area (Å²) in [7, 11) is 1.67. The van der Waals surface area contributed by atoms with E-state index in [4.69, 9.17) is 14.2 Å². The molecule has 1 fully saturated rings. The van der Waals surface area contributed by atoms with Gasteiger partial charge in [0, 0.05) is 17.3 Å². The first kappa shape index (κ1) is 13.5. The van der Waals surface area contributed by atoms with Gasteiger partial charge in [-0.15, -0.1) is 0 Å². The topological polar surface area (TPSA) is 39.7 Å². The Balaban J connectivity index is 1.57. The van der Waals surface area contributed by atoms with Gasteiger partial charge in [-0.25, -0.2) is 0 Å². The summed E-state index contributed by atoms with van der Waals surface area (Å²) in [5.41, 5.74) is 3.55. The van der Waals surface area contributed by atoms with Crippen molar-refractivity contribution in [1.82, 2.24) is 5.32 Å². The second-order valence-corrected chi connectivity index (χ2v) is 5.70. The molecule has 1 aliphatic carbocycles. The van der Waals surface area contributed by atoms with E-state index in [0.717, 1.165) is 24.2 Å². The lowest BCUT2D eigenvalue weighted by atomic mass is 9.83. The van der Waals surface area contributed by atoms with Crippen LogP contribution in [0.3, 0.4) is 0 Å².